The molecule has 1 aromatic heterocycles. The molecule has 18 heavy (non-hydrogen) atoms. The van der Waals surface area contributed by atoms with Crippen molar-refractivity contribution in [1.82, 2.24) is 4.57 Å². The van der Waals surface area contributed by atoms with Gasteiger partial charge in [-0.15, -0.1) is 11.6 Å². The van der Waals surface area contributed by atoms with Crippen LogP contribution >= 0.6 is 23.4 Å². The van der Waals surface area contributed by atoms with Gasteiger partial charge in [-0.3, -0.25) is 4.79 Å². The number of ketones is 1. The van der Waals surface area contributed by atoms with Gasteiger partial charge in [-0.05, 0) is 52.2 Å². The zero-order valence-electron chi connectivity index (χ0n) is 11.8. The minimum absolute atomic E-state index is 0.0214. The third kappa shape index (κ3) is 3.33. The van der Waals surface area contributed by atoms with Crippen LogP contribution in [0.1, 0.15) is 48.1 Å². The van der Waals surface area contributed by atoms with Crippen LogP contribution in [0.4, 0.5) is 0 Å². The molecule has 0 fully saturated rings. The first-order chi connectivity index (χ1) is 8.40. The van der Waals surface area contributed by atoms with Gasteiger partial charge in [0.25, 0.3) is 0 Å². The smallest absolute Gasteiger partial charge is 0.182 e. The summed E-state index contributed by atoms with van der Waals surface area (Å²) in [5.74, 6) is 1.15. The third-order valence-electron chi connectivity index (χ3n) is 3.29. The summed E-state index contributed by atoms with van der Waals surface area (Å²) in [5.41, 5.74) is 2.95. The average molecular weight is 288 g/mol. The number of carbonyl (C=O) groups excluding carboxylic acids is 1. The summed E-state index contributed by atoms with van der Waals surface area (Å²) in [4.78, 5) is 12.0. The molecule has 102 valence electrons. The average Bonchev–Trinajstić information content (AvgIpc) is 2.60. The lowest BCUT2D eigenvalue weighted by molar-refractivity contribution is 0.0991. The molecule has 0 aliphatic heterocycles. The Hall–Kier alpha value is -0.410. The number of rotatable bonds is 6. The van der Waals surface area contributed by atoms with Gasteiger partial charge in [-0.25, -0.2) is 0 Å². The highest BCUT2D eigenvalue weighted by atomic mass is 35.5. The van der Waals surface area contributed by atoms with Crippen LogP contribution in [0.3, 0.4) is 0 Å². The van der Waals surface area contributed by atoms with Crippen molar-refractivity contribution >= 4 is 29.1 Å². The van der Waals surface area contributed by atoms with Crippen molar-refractivity contribution in [1.29, 1.82) is 0 Å². The number of aromatic nitrogens is 1. The summed E-state index contributed by atoms with van der Waals surface area (Å²) < 4.78 is 2.25. The molecule has 2 nitrogen and oxygen atoms in total. The molecule has 1 heterocycles. The van der Waals surface area contributed by atoms with E-state index in [9.17, 15) is 4.79 Å². The van der Waals surface area contributed by atoms with Gasteiger partial charge in [0.2, 0.25) is 0 Å². The Bertz CT molecular complexity index is 426. The van der Waals surface area contributed by atoms with Crippen LogP contribution in [0, 0.1) is 13.8 Å². The number of halogens is 1. The molecule has 0 aromatic carbocycles. The van der Waals surface area contributed by atoms with Crippen molar-refractivity contribution in [2.75, 3.05) is 12.0 Å². The van der Waals surface area contributed by atoms with Gasteiger partial charge in [0.15, 0.2) is 5.78 Å². The maximum atomic E-state index is 12.0. The second-order valence-corrected chi connectivity index (χ2v) is 6.41. The summed E-state index contributed by atoms with van der Waals surface area (Å²) in [5, 5.41) is -0.458. The van der Waals surface area contributed by atoms with Crippen molar-refractivity contribution in [3.63, 3.8) is 0 Å². The van der Waals surface area contributed by atoms with E-state index in [1.807, 2.05) is 24.8 Å². The minimum atomic E-state index is -0.458. The molecule has 0 aliphatic rings. The number of alkyl halides is 1. The van der Waals surface area contributed by atoms with Crippen LogP contribution in [0.2, 0.25) is 0 Å². The SMILES string of the molecule is CSCCC(C)n1c(C)cc(C(=O)C(C)Cl)c1C. The quantitative estimate of drug-likeness (QED) is 0.577. The molecule has 0 N–H and O–H groups in total. The maximum Gasteiger partial charge on any atom is 0.182 e. The van der Waals surface area contributed by atoms with Crippen LogP contribution in [0.25, 0.3) is 0 Å². The molecule has 0 spiro atoms. The molecule has 2 atom stereocenters. The fourth-order valence-electron chi connectivity index (χ4n) is 2.34. The predicted molar refractivity (Wildman–Crippen MR) is 81.3 cm³/mol. The second-order valence-electron chi connectivity index (χ2n) is 4.77. The number of Topliss-reactive ketones (excluding diaryl/α,β-unsaturated/α-hetero) is 1. The Balaban J connectivity index is 3.04. The Kier molecular flexibility index (Phi) is 5.80. The van der Waals surface area contributed by atoms with Gasteiger partial charge >= 0.3 is 0 Å². The highest BCUT2D eigenvalue weighted by molar-refractivity contribution is 7.98. The lowest BCUT2D eigenvalue weighted by atomic mass is 10.1. The number of carbonyl (C=O) groups is 1. The van der Waals surface area contributed by atoms with Gasteiger partial charge < -0.3 is 4.57 Å². The van der Waals surface area contributed by atoms with Gasteiger partial charge in [-0.2, -0.15) is 11.8 Å². The van der Waals surface area contributed by atoms with Crippen LogP contribution in [0.5, 0.6) is 0 Å². The van der Waals surface area contributed by atoms with Crippen LogP contribution in [-0.2, 0) is 0 Å². The van der Waals surface area contributed by atoms with E-state index in [4.69, 9.17) is 11.6 Å². The number of nitrogens with zero attached hydrogens (tertiary/aromatic N) is 1. The molecule has 1 aromatic rings. The highest BCUT2D eigenvalue weighted by Crippen LogP contribution is 2.24. The lowest BCUT2D eigenvalue weighted by Gasteiger charge is -2.18. The molecule has 0 bridgehead atoms. The minimum Gasteiger partial charge on any atom is -0.346 e. The van der Waals surface area contributed by atoms with E-state index >= 15 is 0 Å². The van der Waals surface area contributed by atoms with Crippen molar-refractivity contribution in [2.24, 2.45) is 0 Å². The van der Waals surface area contributed by atoms with E-state index in [1.165, 1.54) is 0 Å². The molecule has 4 heteroatoms. The summed E-state index contributed by atoms with van der Waals surface area (Å²) in [7, 11) is 0. The van der Waals surface area contributed by atoms with E-state index < -0.39 is 5.38 Å². The molecule has 1 rings (SSSR count). The zero-order chi connectivity index (χ0) is 13.9. The third-order valence-corrected chi connectivity index (χ3v) is 4.13. The Morgan fingerprint density at radius 2 is 2.06 bits per heavy atom. The first kappa shape index (κ1) is 15.6. The topological polar surface area (TPSA) is 22.0 Å². The van der Waals surface area contributed by atoms with E-state index in [0.717, 1.165) is 29.1 Å². The summed E-state index contributed by atoms with van der Waals surface area (Å²) in [6.45, 7) is 8.00. The van der Waals surface area contributed by atoms with Crippen LogP contribution < -0.4 is 0 Å². The summed E-state index contributed by atoms with van der Waals surface area (Å²) in [6, 6.07) is 2.39. The molecular weight excluding hydrogens is 266 g/mol. The fourth-order valence-corrected chi connectivity index (χ4v) is 3.03. The first-order valence-electron chi connectivity index (χ1n) is 6.25. The van der Waals surface area contributed by atoms with Crippen molar-refractivity contribution < 1.29 is 4.79 Å². The van der Waals surface area contributed by atoms with Crippen LogP contribution in [-0.4, -0.2) is 27.7 Å². The largest absolute Gasteiger partial charge is 0.346 e. The molecule has 0 radical (unpaired) electrons. The molecule has 2 unspecified atom stereocenters. The molecule has 0 saturated carbocycles. The summed E-state index contributed by atoms with van der Waals surface area (Å²) >= 11 is 7.75. The standard InChI is InChI=1S/C14H22ClNOS/c1-9(6-7-18-5)16-10(2)8-13(12(16)4)14(17)11(3)15/h8-9,11H,6-7H2,1-5H3. The van der Waals surface area contributed by atoms with Crippen molar-refractivity contribution in [3.05, 3.63) is 23.0 Å². The van der Waals surface area contributed by atoms with E-state index in [2.05, 4.69) is 24.7 Å². The van der Waals surface area contributed by atoms with E-state index in [1.54, 1.807) is 6.92 Å². The second kappa shape index (κ2) is 6.67. The summed E-state index contributed by atoms with van der Waals surface area (Å²) in [6.07, 6.45) is 3.23. The number of aryl methyl sites for hydroxylation is 1. The monoisotopic (exact) mass is 287 g/mol. The van der Waals surface area contributed by atoms with E-state index in [-0.39, 0.29) is 5.78 Å². The molecule has 0 aliphatic carbocycles. The molecular formula is C14H22ClNOS. The predicted octanol–water partition coefficient (Wildman–Crippen LogP) is 4.23. The van der Waals surface area contributed by atoms with Gasteiger partial charge in [0, 0.05) is 23.0 Å². The van der Waals surface area contributed by atoms with Crippen molar-refractivity contribution in [3.8, 4) is 0 Å². The first-order valence-corrected chi connectivity index (χ1v) is 8.08. The Morgan fingerprint density at radius 1 is 1.44 bits per heavy atom. The normalized spacial score (nSPS) is 14.6. The highest BCUT2D eigenvalue weighted by Gasteiger charge is 2.21. The Morgan fingerprint density at radius 3 is 2.56 bits per heavy atom. The zero-order valence-corrected chi connectivity index (χ0v) is 13.4. The van der Waals surface area contributed by atoms with Gasteiger partial charge in [-0.1, -0.05) is 0 Å². The number of thioether (sulfide) groups is 1. The fraction of sp³-hybridized carbons (Fsp3) is 0.643. The molecule has 0 amide bonds. The maximum absolute atomic E-state index is 12.0. The number of hydrogen-bond donors (Lipinski definition) is 0. The van der Waals surface area contributed by atoms with Gasteiger partial charge in [0.1, 0.15) is 0 Å². The lowest BCUT2D eigenvalue weighted by Crippen LogP contribution is -2.14. The van der Waals surface area contributed by atoms with Crippen molar-refractivity contribution in [2.45, 2.75) is 45.5 Å². The molecule has 0 saturated heterocycles. The van der Waals surface area contributed by atoms with Gasteiger partial charge in [0.05, 0.1) is 5.38 Å². The van der Waals surface area contributed by atoms with E-state index in [0.29, 0.717) is 6.04 Å². The van der Waals surface area contributed by atoms with Crippen LogP contribution in [0.15, 0.2) is 6.07 Å². The Labute approximate surface area is 119 Å². The number of hydrogen-bond acceptors (Lipinski definition) is 2.